The van der Waals surface area contributed by atoms with E-state index in [9.17, 15) is 0 Å². The Morgan fingerprint density at radius 3 is 2.60 bits per heavy atom. The summed E-state index contributed by atoms with van der Waals surface area (Å²) in [6, 6.07) is 0. The van der Waals surface area contributed by atoms with Gasteiger partial charge in [0.15, 0.2) is 0 Å². The van der Waals surface area contributed by atoms with Crippen molar-refractivity contribution in [1.82, 2.24) is 5.32 Å². The van der Waals surface area contributed by atoms with Gasteiger partial charge in [-0.15, -0.1) is 0 Å². The minimum atomic E-state index is 0.859. The third-order valence-corrected chi connectivity index (χ3v) is 1.31. The van der Waals surface area contributed by atoms with Crippen LogP contribution in [0.1, 0.15) is 19.3 Å². The highest BCUT2D eigenvalue weighted by molar-refractivity contribution is 4.48. The average molecular weight is 144 g/mol. The van der Waals surface area contributed by atoms with E-state index in [4.69, 9.17) is 4.74 Å². The fourth-order valence-electron chi connectivity index (χ4n) is 0.717. The predicted molar refractivity (Wildman–Crippen MR) is 44.0 cm³/mol. The Labute approximate surface area is 64.0 Å². The Kier molecular flexibility index (Phi) is 8.85. The third kappa shape index (κ3) is 7.92. The molecule has 0 heterocycles. The van der Waals surface area contributed by atoms with Crippen LogP contribution >= 0.6 is 0 Å². The van der Waals surface area contributed by atoms with Crippen LogP contribution < -0.4 is 5.32 Å². The number of hydrogen-bond donors (Lipinski definition) is 1. The van der Waals surface area contributed by atoms with E-state index < -0.39 is 0 Å². The molecule has 0 spiro atoms. The lowest BCUT2D eigenvalue weighted by molar-refractivity contribution is 0.194. The van der Waals surface area contributed by atoms with E-state index in [0.717, 1.165) is 32.5 Å². The van der Waals surface area contributed by atoms with E-state index in [2.05, 4.69) is 12.2 Å². The molecule has 0 saturated heterocycles. The largest absolute Gasteiger partial charge is 0.385 e. The first-order valence-electron chi connectivity index (χ1n) is 3.90. The van der Waals surface area contributed by atoms with Crippen LogP contribution in [0.3, 0.4) is 0 Å². The van der Waals surface area contributed by atoms with E-state index in [1.807, 2.05) is 0 Å². The van der Waals surface area contributed by atoms with Gasteiger partial charge in [0.25, 0.3) is 0 Å². The second-order valence-corrected chi connectivity index (χ2v) is 2.30. The molecule has 1 radical (unpaired) electrons. The summed E-state index contributed by atoms with van der Waals surface area (Å²) in [7, 11) is 1.73. The van der Waals surface area contributed by atoms with Gasteiger partial charge < -0.3 is 10.1 Å². The van der Waals surface area contributed by atoms with Crippen LogP contribution in [0.25, 0.3) is 0 Å². The molecule has 0 aliphatic rings. The number of unbranched alkanes of at least 4 members (excludes halogenated alkanes) is 1. The number of ether oxygens (including phenoxy) is 1. The van der Waals surface area contributed by atoms with Crippen molar-refractivity contribution in [2.75, 3.05) is 26.8 Å². The van der Waals surface area contributed by atoms with Gasteiger partial charge in [-0.25, -0.2) is 0 Å². The molecule has 0 saturated carbocycles. The van der Waals surface area contributed by atoms with Crippen LogP contribution in [0.5, 0.6) is 0 Å². The monoisotopic (exact) mass is 144 g/mol. The smallest absolute Gasteiger partial charge is 0.0474 e. The topological polar surface area (TPSA) is 21.3 Å². The second kappa shape index (κ2) is 8.92. The summed E-state index contributed by atoms with van der Waals surface area (Å²) in [5, 5.41) is 3.30. The number of nitrogens with one attached hydrogen (secondary N) is 1. The molecule has 1 N–H and O–H groups in total. The van der Waals surface area contributed by atoms with Crippen LogP contribution in [0, 0.1) is 6.92 Å². The predicted octanol–water partition coefficient (Wildman–Crippen LogP) is 1.23. The molecular weight excluding hydrogens is 126 g/mol. The van der Waals surface area contributed by atoms with Crippen molar-refractivity contribution in [1.29, 1.82) is 0 Å². The lowest BCUT2D eigenvalue weighted by Gasteiger charge is -2.01. The maximum absolute atomic E-state index is 4.90. The van der Waals surface area contributed by atoms with Gasteiger partial charge in [0, 0.05) is 13.7 Å². The van der Waals surface area contributed by atoms with Crippen molar-refractivity contribution < 1.29 is 4.74 Å². The minimum absolute atomic E-state index is 0.859. The minimum Gasteiger partial charge on any atom is -0.385 e. The van der Waals surface area contributed by atoms with Crippen molar-refractivity contribution in [2.24, 2.45) is 0 Å². The van der Waals surface area contributed by atoms with E-state index in [1.165, 1.54) is 6.42 Å². The van der Waals surface area contributed by atoms with Crippen molar-refractivity contribution >= 4 is 0 Å². The summed E-state index contributed by atoms with van der Waals surface area (Å²) >= 11 is 0. The van der Waals surface area contributed by atoms with Gasteiger partial charge in [0.2, 0.25) is 0 Å². The van der Waals surface area contributed by atoms with Crippen LogP contribution in [0.15, 0.2) is 0 Å². The van der Waals surface area contributed by atoms with E-state index >= 15 is 0 Å². The fourth-order valence-corrected chi connectivity index (χ4v) is 0.717. The highest BCUT2D eigenvalue weighted by atomic mass is 16.5. The zero-order valence-corrected chi connectivity index (χ0v) is 6.86. The Bertz CT molecular complexity index is 49.2. The molecule has 2 nitrogen and oxygen atoms in total. The summed E-state index contributed by atoms with van der Waals surface area (Å²) in [5.74, 6) is 0. The Hall–Kier alpha value is -0.0800. The summed E-state index contributed by atoms with van der Waals surface area (Å²) in [4.78, 5) is 0. The van der Waals surface area contributed by atoms with Crippen LogP contribution in [0.4, 0.5) is 0 Å². The number of methoxy groups -OCH3 is 1. The van der Waals surface area contributed by atoms with E-state index in [1.54, 1.807) is 7.11 Å². The molecule has 0 bridgehead atoms. The summed E-state index contributed by atoms with van der Waals surface area (Å²) in [5.41, 5.74) is 0. The molecule has 0 fully saturated rings. The van der Waals surface area contributed by atoms with Crippen molar-refractivity contribution in [3.8, 4) is 0 Å². The third-order valence-electron chi connectivity index (χ3n) is 1.31. The molecule has 61 valence electrons. The highest BCUT2D eigenvalue weighted by Crippen LogP contribution is 1.82. The van der Waals surface area contributed by atoms with Gasteiger partial charge in [0.05, 0.1) is 0 Å². The summed E-state index contributed by atoms with van der Waals surface area (Å²) in [6.07, 6.45) is 3.30. The number of hydrogen-bond acceptors (Lipinski definition) is 2. The molecule has 0 rings (SSSR count). The molecule has 0 aliphatic heterocycles. The first-order valence-corrected chi connectivity index (χ1v) is 3.90. The molecule has 0 amide bonds. The molecule has 2 heteroatoms. The second-order valence-electron chi connectivity index (χ2n) is 2.30. The fraction of sp³-hybridized carbons (Fsp3) is 0.875. The molecule has 0 unspecified atom stereocenters. The van der Waals surface area contributed by atoms with Crippen molar-refractivity contribution in [3.63, 3.8) is 0 Å². The first kappa shape index (κ1) is 9.92. The van der Waals surface area contributed by atoms with Gasteiger partial charge in [-0.05, 0) is 25.9 Å². The quantitative estimate of drug-likeness (QED) is 0.543. The van der Waals surface area contributed by atoms with Gasteiger partial charge in [0.1, 0.15) is 0 Å². The Morgan fingerprint density at radius 1 is 1.30 bits per heavy atom. The Balaban J connectivity index is 2.65. The first-order chi connectivity index (χ1) is 4.91. The maximum atomic E-state index is 4.90. The van der Waals surface area contributed by atoms with Gasteiger partial charge in [-0.1, -0.05) is 13.3 Å². The molecule has 0 aromatic rings. The molecule has 0 aliphatic carbocycles. The standard InChI is InChI=1S/C8H18NO/c1-3-4-6-9-7-5-8-10-2/h9H,1,3-8H2,2H3. The van der Waals surface area contributed by atoms with Gasteiger partial charge in [-0.2, -0.15) is 0 Å². The number of rotatable bonds is 7. The van der Waals surface area contributed by atoms with Crippen LogP contribution in [0.2, 0.25) is 0 Å². The SMILES string of the molecule is [CH2]CCCNCCCOC. The molecule has 0 aromatic heterocycles. The molecule has 0 aromatic carbocycles. The van der Waals surface area contributed by atoms with Crippen molar-refractivity contribution in [3.05, 3.63) is 6.92 Å². The normalized spacial score (nSPS) is 10.2. The maximum Gasteiger partial charge on any atom is 0.0474 e. The van der Waals surface area contributed by atoms with Gasteiger partial charge in [-0.3, -0.25) is 0 Å². The zero-order chi connectivity index (χ0) is 7.66. The lowest BCUT2D eigenvalue weighted by Crippen LogP contribution is -2.17. The average Bonchev–Trinajstić information content (AvgIpc) is 1.97. The summed E-state index contributed by atoms with van der Waals surface area (Å²) < 4.78 is 4.90. The van der Waals surface area contributed by atoms with E-state index in [-0.39, 0.29) is 0 Å². The lowest BCUT2D eigenvalue weighted by atomic mass is 10.3. The van der Waals surface area contributed by atoms with Crippen molar-refractivity contribution in [2.45, 2.75) is 19.3 Å². The highest BCUT2D eigenvalue weighted by Gasteiger charge is 1.85. The summed E-state index contributed by atoms with van der Waals surface area (Å²) in [6.45, 7) is 6.77. The Morgan fingerprint density at radius 2 is 2.00 bits per heavy atom. The van der Waals surface area contributed by atoms with Crippen LogP contribution in [-0.2, 0) is 4.74 Å². The van der Waals surface area contributed by atoms with Crippen LogP contribution in [-0.4, -0.2) is 26.8 Å². The van der Waals surface area contributed by atoms with E-state index in [0.29, 0.717) is 0 Å². The zero-order valence-electron chi connectivity index (χ0n) is 6.86. The molecular formula is C8H18NO. The molecule has 10 heavy (non-hydrogen) atoms. The van der Waals surface area contributed by atoms with Gasteiger partial charge >= 0.3 is 0 Å². The molecule has 0 atom stereocenters.